The fraction of sp³-hybridized carbons (Fsp3) is 0.833. The van der Waals surface area contributed by atoms with Gasteiger partial charge in [0.25, 0.3) is 0 Å². The monoisotopic (exact) mass is 185 g/mol. The van der Waals surface area contributed by atoms with Crippen molar-refractivity contribution in [2.24, 2.45) is 0 Å². The summed E-state index contributed by atoms with van der Waals surface area (Å²) < 4.78 is 0. The average molecular weight is 185 g/mol. The number of hydrogen-bond acceptors (Lipinski definition) is 1. The molecule has 1 heterocycles. The molecule has 0 N–H and O–H groups in total. The summed E-state index contributed by atoms with van der Waals surface area (Å²) in [7, 11) is 0. The first-order valence-corrected chi connectivity index (χ1v) is 5.55. The van der Waals surface area contributed by atoms with Crippen LogP contribution in [0.25, 0.3) is 0 Å². The van der Waals surface area contributed by atoms with Crippen molar-refractivity contribution in [1.29, 1.82) is 0 Å². The molecular weight excluding hydrogens is 158 g/mol. The number of hydrogen-bond donors (Lipinski definition) is 0. The maximum Gasteiger partial charge on any atom is 0.00385 e. The van der Waals surface area contributed by atoms with E-state index in [2.05, 4.69) is 31.9 Å². The molecule has 0 aliphatic carbocycles. The van der Waals surface area contributed by atoms with Crippen LogP contribution in [-0.4, -0.2) is 24.0 Å². The average Bonchev–Trinajstić information content (AvgIpc) is 2.25. The van der Waals surface area contributed by atoms with E-state index in [0.717, 1.165) is 6.04 Å². The zero-order chi connectivity index (χ0) is 10.7. The Morgan fingerprint density at radius 1 is 0.923 bits per heavy atom. The second kappa shape index (κ2) is 11.7. The number of nitrogens with zero attached hydrogens (tertiary/aromatic N) is 1. The molecule has 0 saturated carbocycles. The smallest absolute Gasteiger partial charge is 0.00385 e. The molecule has 1 aliphatic rings. The zero-order valence-corrected chi connectivity index (χ0v) is 9.97. The molecule has 1 rings (SSSR count). The third-order valence-corrected chi connectivity index (χ3v) is 2.12. The Morgan fingerprint density at radius 3 is 1.54 bits per heavy atom. The minimum Gasteiger partial charge on any atom is -0.301 e. The number of rotatable bonds is 1. The minimum atomic E-state index is 0.769. The van der Waals surface area contributed by atoms with Crippen molar-refractivity contribution >= 4 is 0 Å². The highest BCUT2D eigenvalue weighted by molar-refractivity contribution is 4.67. The first-order valence-electron chi connectivity index (χ1n) is 5.55. The first-order chi connectivity index (χ1) is 6.30. The van der Waals surface area contributed by atoms with Gasteiger partial charge in [0.15, 0.2) is 0 Å². The predicted octanol–water partition coefficient (Wildman–Crippen LogP) is 3.71. The Morgan fingerprint density at radius 2 is 1.31 bits per heavy atom. The van der Waals surface area contributed by atoms with E-state index in [-0.39, 0.29) is 0 Å². The number of piperidine rings is 1. The minimum absolute atomic E-state index is 0.769. The third kappa shape index (κ3) is 8.04. The first kappa shape index (κ1) is 15.2. The molecule has 0 aromatic rings. The second-order valence-electron chi connectivity index (χ2n) is 3.19. The highest BCUT2D eigenvalue weighted by atomic mass is 15.1. The Kier molecular flexibility index (Phi) is 13.7. The molecule has 1 aliphatic heterocycles. The molecule has 0 spiro atoms. The van der Waals surface area contributed by atoms with E-state index >= 15 is 0 Å². The molecule has 0 aromatic carbocycles. The van der Waals surface area contributed by atoms with Gasteiger partial charge in [0.2, 0.25) is 0 Å². The van der Waals surface area contributed by atoms with Crippen molar-refractivity contribution in [2.45, 2.75) is 53.0 Å². The third-order valence-electron chi connectivity index (χ3n) is 2.12. The predicted molar refractivity (Wildman–Crippen MR) is 63.2 cm³/mol. The van der Waals surface area contributed by atoms with Crippen LogP contribution in [-0.2, 0) is 0 Å². The van der Waals surface area contributed by atoms with Gasteiger partial charge in [0.1, 0.15) is 0 Å². The van der Waals surface area contributed by atoms with E-state index < -0.39 is 0 Å². The maximum absolute atomic E-state index is 3.00. The largest absolute Gasteiger partial charge is 0.301 e. The van der Waals surface area contributed by atoms with E-state index in [1.165, 1.54) is 32.4 Å². The van der Waals surface area contributed by atoms with Gasteiger partial charge in [-0.2, -0.15) is 0 Å². The van der Waals surface area contributed by atoms with Gasteiger partial charge in [-0.15, -0.1) is 13.2 Å². The van der Waals surface area contributed by atoms with E-state index in [1.807, 2.05) is 13.8 Å². The highest BCUT2D eigenvalue weighted by Gasteiger charge is 2.11. The normalized spacial score (nSPS) is 16.7. The van der Waals surface area contributed by atoms with Crippen LogP contribution < -0.4 is 0 Å². The standard InChI is InChI=1S/C8H17N.C2H6.C2H4/c1-8(2)9-6-4-3-5-7-9;2*1-2/h8H,3-7H2,1-2H3;1-2H3;1-2H2. The maximum atomic E-state index is 3.00. The van der Waals surface area contributed by atoms with Crippen LogP contribution >= 0.6 is 0 Å². The summed E-state index contributed by atoms with van der Waals surface area (Å²) in [5.41, 5.74) is 0. The molecule has 1 saturated heterocycles. The molecular formula is C12H27N. The van der Waals surface area contributed by atoms with Gasteiger partial charge in [-0.25, -0.2) is 0 Å². The summed E-state index contributed by atoms with van der Waals surface area (Å²) in [6.07, 6.45) is 4.28. The molecule has 0 aromatic heterocycles. The van der Waals surface area contributed by atoms with Gasteiger partial charge in [-0.05, 0) is 39.8 Å². The Balaban J connectivity index is 0. The van der Waals surface area contributed by atoms with E-state index in [1.54, 1.807) is 0 Å². The lowest BCUT2D eigenvalue weighted by Gasteiger charge is -2.29. The van der Waals surface area contributed by atoms with Crippen molar-refractivity contribution in [2.75, 3.05) is 13.1 Å². The van der Waals surface area contributed by atoms with Crippen LogP contribution in [0.2, 0.25) is 0 Å². The van der Waals surface area contributed by atoms with Crippen LogP contribution in [0.3, 0.4) is 0 Å². The van der Waals surface area contributed by atoms with Crippen molar-refractivity contribution in [3.63, 3.8) is 0 Å². The lowest BCUT2D eigenvalue weighted by Crippen LogP contribution is -2.35. The summed E-state index contributed by atoms with van der Waals surface area (Å²) in [5.74, 6) is 0. The summed E-state index contributed by atoms with van der Waals surface area (Å²) >= 11 is 0. The van der Waals surface area contributed by atoms with E-state index in [9.17, 15) is 0 Å². The van der Waals surface area contributed by atoms with Crippen molar-refractivity contribution in [3.05, 3.63) is 13.2 Å². The summed E-state index contributed by atoms with van der Waals surface area (Å²) in [5, 5.41) is 0. The number of likely N-dealkylation sites (tertiary alicyclic amines) is 1. The quantitative estimate of drug-likeness (QED) is 0.563. The van der Waals surface area contributed by atoms with Crippen LogP contribution in [0.4, 0.5) is 0 Å². The lowest BCUT2D eigenvalue weighted by atomic mass is 10.1. The Bertz CT molecular complexity index is 83.1. The van der Waals surface area contributed by atoms with E-state index in [0.29, 0.717) is 0 Å². The molecule has 0 amide bonds. The summed E-state index contributed by atoms with van der Waals surface area (Å²) in [4.78, 5) is 2.56. The van der Waals surface area contributed by atoms with Crippen LogP contribution in [0.15, 0.2) is 13.2 Å². The van der Waals surface area contributed by atoms with Gasteiger partial charge >= 0.3 is 0 Å². The molecule has 1 fully saturated rings. The topological polar surface area (TPSA) is 3.24 Å². The van der Waals surface area contributed by atoms with E-state index in [4.69, 9.17) is 0 Å². The Hall–Kier alpha value is -0.300. The van der Waals surface area contributed by atoms with Gasteiger partial charge in [-0.1, -0.05) is 20.3 Å². The molecule has 0 radical (unpaired) electrons. The van der Waals surface area contributed by atoms with Gasteiger partial charge in [0.05, 0.1) is 0 Å². The fourth-order valence-corrected chi connectivity index (χ4v) is 1.43. The molecule has 80 valence electrons. The molecule has 1 heteroatoms. The summed E-state index contributed by atoms with van der Waals surface area (Å²) in [6.45, 7) is 17.2. The zero-order valence-electron chi connectivity index (χ0n) is 9.97. The highest BCUT2D eigenvalue weighted by Crippen LogP contribution is 2.10. The molecule has 1 nitrogen and oxygen atoms in total. The van der Waals surface area contributed by atoms with Gasteiger partial charge < -0.3 is 4.90 Å². The Labute approximate surface area is 84.8 Å². The van der Waals surface area contributed by atoms with Crippen LogP contribution in [0.5, 0.6) is 0 Å². The van der Waals surface area contributed by atoms with Crippen LogP contribution in [0, 0.1) is 0 Å². The van der Waals surface area contributed by atoms with Crippen molar-refractivity contribution in [3.8, 4) is 0 Å². The van der Waals surface area contributed by atoms with Crippen molar-refractivity contribution in [1.82, 2.24) is 4.90 Å². The lowest BCUT2D eigenvalue weighted by molar-refractivity contribution is 0.185. The van der Waals surface area contributed by atoms with Gasteiger partial charge in [0, 0.05) is 6.04 Å². The van der Waals surface area contributed by atoms with Gasteiger partial charge in [-0.3, -0.25) is 0 Å². The molecule has 0 atom stereocenters. The fourth-order valence-electron chi connectivity index (χ4n) is 1.43. The molecule has 13 heavy (non-hydrogen) atoms. The SMILES string of the molecule is C=C.CC.CC(C)N1CCCCC1. The second-order valence-corrected chi connectivity index (χ2v) is 3.19. The van der Waals surface area contributed by atoms with Crippen molar-refractivity contribution < 1.29 is 0 Å². The molecule has 0 unspecified atom stereocenters. The summed E-state index contributed by atoms with van der Waals surface area (Å²) in [6, 6.07) is 0.769. The molecule has 0 bridgehead atoms. The van der Waals surface area contributed by atoms with Crippen LogP contribution in [0.1, 0.15) is 47.0 Å².